The van der Waals surface area contributed by atoms with Crippen LogP contribution in [0.15, 0.2) is 60.3 Å². The van der Waals surface area contributed by atoms with Gasteiger partial charge in [-0.2, -0.15) is 5.26 Å². The summed E-state index contributed by atoms with van der Waals surface area (Å²) >= 11 is 1.64. The zero-order valence-corrected chi connectivity index (χ0v) is 14.3. The maximum absolute atomic E-state index is 11.6. The molecule has 25 heavy (non-hydrogen) atoms. The first-order chi connectivity index (χ1) is 12.2. The normalized spacial score (nSPS) is 11.1. The van der Waals surface area contributed by atoms with E-state index in [1.54, 1.807) is 18.3 Å². The minimum Gasteiger partial charge on any atom is -0.462 e. The fraction of sp³-hybridized carbons (Fsp3) is 0.105. The predicted molar refractivity (Wildman–Crippen MR) is 99.0 cm³/mol. The molecule has 0 amide bonds. The smallest absolute Gasteiger partial charge is 0.350 e. The van der Waals surface area contributed by atoms with Crippen molar-refractivity contribution < 1.29 is 9.53 Å². The topological polar surface area (TPSA) is 75.0 Å². The highest BCUT2D eigenvalue weighted by Gasteiger charge is 2.09. The van der Waals surface area contributed by atoms with Crippen molar-refractivity contribution >= 4 is 33.2 Å². The van der Waals surface area contributed by atoms with Crippen LogP contribution in [0.5, 0.6) is 0 Å². The number of anilines is 1. The Kier molecular flexibility index (Phi) is 5.07. The van der Waals surface area contributed by atoms with Gasteiger partial charge in [-0.1, -0.05) is 12.1 Å². The number of rotatable bonds is 5. The first-order valence-electron chi connectivity index (χ1n) is 7.71. The Balaban J connectivity index is 1.76. The monoisotopic (exact) mass is 349 g/mol. The van der Waals surface area contributed by atoms with Gasteiger partial charge in [0.25, 0.3) is 0 Å². The van der Waals surface area contributed by atoms with Gasteiger partial charge >= 0.3 is 5.97 Å². The van der Waals surface area contributed by atoms with E-state index >= 15 is 0 Å². The Hall–Kier alpha value is -3.17. The standard InChI is InChI=1S/C19H15N3O2S/c1-2-24-19(23)14(11-20)12-21-15-9-7-13(8-10-15)18-22-16-5-3-4-6-17(16)25-18/h3-10,12,21H,2H2,1H3/b14-12-. The Bertz CT molecular complexity index is 935. The lowest BCUT2D eigenvalue weighted by molar-refractivity contribution is -0.138. The van der Waals surface area contributed by atoms with Crippen molar-refractivity contribution in [3.8, 4) is 16.6 Å². The Morgan fingerprint density at radius 3 is 2.72 bits per heavy atom. The lowest BCUT2D eigenvalue weighted by Gasteiger charge is -2.03. The number of aromatic nitrogens is 1. The summed E-state index contributed by atoms with van der Waals surface area (Å²) in [6.45, 7) is 1.93. The third-order valence-electron chi connectivity index (χ3n) is 3.42. The summed E-state index contributed by atoms with van der Waals surface area (Å²) in [5, 5.41) is 12.9. The van der Waals surface area contributed by atoms with E-state index < -0.39 is 5.97 Å². The van der Waals surface area contributed by atoms with Gasteiger partial charge in [-0.3, -0.25) is 0 Å². The lowest BCUT2D eigenvalue weighted by atomic mass is 10.2. The van der Waals surface area contributed by atoms with Gasteiger partial charge in [-0.05, 0) is 43.3 Å². The van der Waals surface area contributed by atoms with Crippen LogP contribution >= 0.6 is 11.3 Å². The molecule has 3 aromatic rings. The fourth-order valence-electron chi connectivity index (χ4n) is 2.21. The summed E-state index contributed by atoms with van der Waals surface area (Å²) in [6.07, 6.45) is 1.35. The van der Waals surface area contributed by atoms with Crippen molar-refractivity contribution in [3.63, 3.8) is 0 Å². The number of esters is 1. The molecule has 0 atom stereocenters. The Morgan fingerprint density at radius 1 is 1.28 bits per heavy atom. The van der Waals surface area contributed by atoms with Crippen LogP contribution in [0.1, 0.15) is 6.92 Å². The van der Waals surface area contributed by atoms with Crippen LogP contribution in [0.4, 0.5) is 5.69 Å². The van der Waals surface area contributed by atoms with Crippen LogP contribution in [0.2, 0.25) is 0 Å². The highest BCUT2D eigenvalue weighted by atomic mass is 32.1. The number of fused-ring (bicyclic) bond motifs is 1. The van der Waals surface area contributed by atoms with Crippen molar-refractivity contribution in [2.75, 3.05) is 11.9 Å². The van der Waals surface area contributed by atoms with Gasteiger partial charge in [0.15, 0.2) is 5.57 Å². The van der Waals surface area contributed by atoms with Crippen LogP contribution in [-0.4, -0.2) is 17.6 Å². The van der Waals surface area contributed by atoms with Crippen LogP contribution in [0.3, 0.4) is 0 Å². The van der Waals surface area contributed by atoms with Crippen LogP contribution < -0.4 is 5.32 Å². The van der Waals surface area contributed by atoms with E-state index in [1.165, 1.54) is 6.20 Å². The van der Waals surface area contributed by atoms with Crippen molar-refractivity contribution in [2.24, 2.45) is 0 Å². The number of carbonyl (C=O) groups excluding carboxylic acids is 1. The summed E-state index contributed by atoms with van der Waals surface area (Å²) < 4.78 is 5.96. The highest BCUT2D eigenvalue weighted by molar-refractivity contribution is 7.21. The van der Waals surface area contributed by atoms with Crippen LogP contribution in [0.25, 0.3) is 20.8 Å². The van der Waals surface area contributed by atoms with E-state index in [-0.39, 0.29) is 12.2 Å². The second-order valence-corrected chi connectivity index (χ2v) is 6.13. The molecular formula is C19H15N3O2S. The number of ether oxygens (including phenoxy) is 1. The number of hydrogen-bond acceptors (Lipinski definition) is 6. The molecule has 0 radical (unpaired) electrons. The summed E-state index contributed by atoms with van der Waals surface area (Å²) in [4.78, 5) is 16.2. The molecule has 1 N–H and O–H groups in total. The average Bonchev–Trinajstić information content (AvgIpc) is 3.07. The average molecular weight is 349 g/mol. The molecule has 0 bridgehead atoms. The minimum atomic E-state index is -0.636. The molecule has 0 aliphatic carbocycles. The molecule has 1 heterocycles. The van der Waals surface area contributed by atoms with Gasteiger partial charge in [-0.25, -0.2) is 9.78 Å². The zero-order valence-electron chi connectivity index (χ0n) is 13.5. The predicted octanol–water partition coefficient (Wildman–Crippen LogP) is 4.35. The molecular weight excluding hydrogens is 334 g/mol. The van der Waals surface area contributed by atoms with Crippen molar-refractivity contribution in [2.45, 2.75) is 6.92 Å². The second kappa shape index (κ2) is 7.60. The SMILES string of the molecule is CCOC(=O)/C(C#N)=C\Nc1ccc(-c2nc3ccccc3s2)cc1. The number of para-hydroxylation sites is 1. The van der Waals surface area contributed by atoms with Crippen molar-refractivity contribution in [1.29, 1.82) is 5.26 Å². The first kappa shape index (κ1) is 16.7. The van der Waals surface area contributed by atoms with Crippen molar-refractivity contribution in [1.82, 2.24) is 4.98 Å². The summed E-state index contributed by atoms with van der Waals surface area (Å²) in [5.41, 5.74) is 2.70. The minimum absolute atomic E-state index is 0.0721. The molecule has 0 aliphatic rings. The lowest BCUT2D eigenvalue weighted by Crippen LogP contribution is -2.07. The number of hydrogen-bond donors (Lipinski definition) is 1. The summed E-state index contributed by atoms with van der Waals surface area (Å²) in [6, 6.07) is 17.5. The van der Waals surface area contributed by atoms with E-state index in [0.717, 1.165) is 26.5 Å². The molecule has 0 saturated heterocycles. The van der Waals surface area contributed by atoms with E-state index in [9.17, 15) is 4.79 Å². The van der Waals surface area contributed by atoms with Gasteiger partial charge < -0.3 is 10.1 Å². The van der Waals surface area contributed by atoms with E-state index in [0.29, 0.717) is 0 Å². The van der Waals surface area contributed by atoms with E-state index in [2.05, 4.69) is 16.4 Å². The molecule has 0 aliphatic heterocycles. The molecule has 124 valence electrons. The van der Waals surface area contributed by atoms with E-state index in [1.807, 2.05) is 48.5 Å². The molecule has 0 saturated carbocycles. The molecule has 0 spiro atoms. The largest absolute Gasteiger partial charge is 0.462 e. The van der Waals surface area contributed by atoms with Crippen LogP contribution in [0, 0.1) is 11.3 Å². The molecule has 2 aromatic carbocycles. The van der Waals surface area contributed by atoms with Gasteiger partial charge in [0.1, 0.15) is 11.1 Å². The number of nitrogens with one attached hydrogen (secondary N) is 1. The van der Waals surface area contributed by atoms with E-state index in [4.69, 9.17) is 10.00 Å². The molecule has 3 rings (SSSR count). The van der Waals surface area contributed by atoms with Gasteiger partial charge in [0.2, 0.25) is 0 Å². The maximum atomic E-state index is 11.6. The van der Waals surface area contributed by atoms with Crippen LogP contribution in [-0.2, 0) is 9.53 Å². The number of nitriles is 1. The summed E-state index contributed by atoms with van der Waals surface area (Å²) in [5.74, 6) is -0.636. The Morgan fingerprint density at radius 2 is 2.04 bits per heavy atom. The van der Waals surface area contributed by atoms with Gasteiger partial charge in [-0.15, -0.1) is 11.3 Å². The second-order valence-electron chi connectivity index (χ2n) is 5.10. The molecule has 1 aromatic heterocycles. The number of benzene rings is 2. The van der Waals surface area contributed by atoms with Crippen molar-refractivity contribution in [3.05, 3.63) is 60.3 Å². The zero-order chi connectivity index (χ0) is 17.6. The van der Waals surface area contributed by atoms with Gasteiger partial charge in [0, 0.05) is 17.5 Å². The fourth-order valence-corrected chi connectivity index (χ4v) is 3.18. The Labute approximate surface area is 149 Å². The summed E-state index contributed by atoms with van der Waals surface area (Å²) in [7, 11) is 0. The quantitative estimate of drug-likeness (QED) is 0.421. The highest BCUT2D eigenvalue weighted by Crippen LogP contribution is 2.30. The first-order valence-corrected chi connectivity index (χ1v) is 8.53. The molecule has 0 unspecified atom stereocenters. The molecule has 5 nitrogen and oxygen atoms in total. The number of nitrogens with zero attached hydrogens (tertiary/aromatic N) is 2. The molecule has 6 heteroatoms. The molecule has 0 fully saturated rings. The van der Waals surface area contributed by atoms with Gasteiger partial charge in [0.05, 0.1) is 16.8 Å². The maximum Gasteiger partial charge on any atom is 0.350 e. The number of thiazole rings is 1. The third-order valence-corrected chi connectivity index (χ3v) is 4.51. The number of carbonyl (C=O) groups is 1. The third kappa shape index (κ3) is 3.84.